The highest BCUT2D eigenvalue weighted by molar-refractivity contribution is 7.16. The predicted octanol–water partition coefficient (Wildman–Crippen LogP) is 3.22. The maximum Gasteiger partial charge on any atom is 0.387 e. The van der Waals surface area contributed by atoms with E-state index in [-0.39, 0.29) is 5.75 Å². The summed E-state index contributed by atoms with van der Waals surface area (Å²) in [5.41, 5.74) is 0.754. The van der Waals surface area contributed by atoms with Crippen molar-refractivity contribution in [3.63, 3.8) is 0 Å². The molecule has 0 aliphatic rings. The van der Waals surface area contributed by atoms with Crippen molar-refractivity contribution >= 4 is 17.6 Å². The fraction of sp³-hybridized carbons (Fsp3) is 0.0909. The Balaban J connectivity index is 2.19. The van der Waals surface area contributed by atoms with E-state index < -0.39 is 6.61 Å². The van der Waals surface area contributed by atoms with Crippen LogP contribution in [0.3, 0.4) is 0 Å². The second-order valence-corrected chi connectivity index (χ2v) is 4.15. The molecule has 0 bridgehead atoms. The molecule has 3 nitrogen and oxygen atoms in total. The minimum absolute atomic E-state index is 0.0934. The number of carbonyl (C=O) groups is 1. The van der Waals surface area contributed by atoms with Gasteiger partial charge in [-0.2, -0.15) is 8.78 Å². The van der Waals surface area contributed by atoms with Gasteiger partial charge >= 0.3 is 6.61 Å². The Morgan fingerprint density at radius 2 is 2.00 bits per heavy atom. The van der Waals surface area contributed by atoms with Gasteiger partial charge in [0, 0.05) is 11.8 Å². The van der Waals surface area contributed by atoms with Gasteiger partial charge in [-0.3, -0.25) is 4.79 Å². The van der Waals surface area contributed by atoms with Gasteiger partial charge in [0.05, 0.1) is 4.88 Å². The lowest BCUT2D eigenvalue weighted by molar-refractivity contribution is -0.0498. The first-order chi connectivity index (χ1) is 8.19. The van der Waals surface area contributed by atoms with Crippen molar-refractivity contribution in [3.05, 3.63) is 35.3 Å². The highest BCUT2D eigenvalue weighted by Gasteiger charge is 2.06. The number of halogens is 2. The molecule has 6 heteroatoms. The van der Waals surface area contributed by atoms with E-state index in [2.05, 4.69) is 9.72 Å². The van der Waals surface area contributed by atoms with Crippen LogP contribution in [0.15, 0.2) is 30.5 Å². The summed E-state index contributed by atoms with van der Waals surface area (Å²) >= 11 is 1.24. The van der Waals surface area contributed by atoms with Crippen LogP contribution >= 0.6 is 11.3 Å². The summed E-state index contributed by atoms with van der Waals surface area (Å²) in [6.07, 6.45) is 2.19. The van der Waals surface area contributed by atoms with Crippen molar-refractivity contribution in [2.45, 2.75) is 6.61 Å². The molecule has 0 unspecified atom stereocenters. The molecular weight excluding hydrogens is 248 g/mol. The zero-order valence-corrected chi connectivity index (χ0v) is 9.29. The zero-order chi connectivity index (χ0) is 12.3. The molecule has 0 saturated carbocycles. The molecule has 0 atom stereocenters. The lowest BCUT2D eigenvalue weighted by atomic mass is 10.2. The molecule has 0 spiro atoms. The summed E-state index contributed by atoms with van der Waals surface area (Å²) < 4.78 is 28.1. The summed E-state index contributed by atoms with van der Waals surface area (Å²) in [7, 11) is 0. The summed E-state index contributed by atoms with van der Waals surface area (Å²) in [4.78, 5) is 15.1. The van der Waals surface area contributed by atoms with Crippen LogP contribution in [0.5, 0.6) is 5.75 Å². The number of hydrogen-bond acceptors (Lipinski definition) is 4. The van der Waals surface area contributed by atoms with E-state index in [1.54, 1.807) is 12.1 Å². The maximum atomic E-state index is 11.9. The normalized spacial score (nSPS) is 10.5. The molecule has 2 aromatic rings. The van der Waals surface area contributed by atoms with E-state index in [4.69, 9.17) is 0 Å². The van der Waals surface area contributed by atoms with Gasteiger partial charge in [-0.05, 0) is 24.3 Å². The summed E-state index contributed by atoms with van der Waals surface area (Å²) in [5.74, 6) is 0.0934. The summed E-state index contributed by atoms with van der Waals surface area (Å²) in [6.45, 7) is -2.83. The predicted molar refractivity (Wildman–Crippen MR) is 59.6 cm³/mol. The largest absolute Gasteiger partial charge is 0.435 e. The molecule has 0 aliphatic carbocycles. The Morgan fingerprint density at radius 1 is 1.29 bits per heavy atom. The van der Waals surface area contributed by atoms with Crippen LogP contribution in [0.4, 0.5) is 8.78 Å². The fourth-order valence-corrected chi connectivity index (χ4v) is 1.99. The number of alkyl halides is 2. The third-order valence-corrected chi connectivity index (χ3v) is 2.94. The minimum atomic E-state index is -2.83. The Bertz CT molecular complexity index is 510. The van der Waals surface area contributed by atoms with Gasteiger partial charge in [0.1, 0.15) is 10.8 Å². The number of ether oxygens (including phenoxy) is 1. The highest BCUT2D eigenvalue weighted by Crippen LogP contribution is 2.26. The standard InChI is InChI=1S/C11H7F2NO2S/c12-11(13)16-8-3-1-7(2-4-8)10-14-5-9(6-15)17-10/h1-6,11H. The second kappa shape index (κ2) is 5.01. The van der Waals surface area contributed by atoms with E-state index in [0.717, 1.165) is 11.8 Å². The van der Waals surface area contributed by atoms with Gasteiger partial charge in [-0.1, -0.05) is 0 Å². The lowest BCUT2D eigenvalue weighted by Gasteiger charge is -2.04. The van der Waals surface area contributed by atoms with E-state index in [0.29, 0.717) is 9.88 Å². The number of hydrogen-bond donors (Lipinski definition) is 0. The third-order valence-electron chi connectivity index (χ3n) is 1.97. The van der Waals surface area contributed by atoms with Gasteiger partial charge in [-0.25, -0.2) is 4.98 Å². The molecule has 0 saturated heterocycles. The first-order valence-electron chi connectivity index (χ1n) is 4.65. The number of benzene rings is 1. The highest BCUT2D eigenvalue weighted by atomic mass is 32.1. The van der Waals surface area contributed by atoms with E-state index in [1.807, 2.05) is 0 Å². The van der Waals surface area contributed by atoms with Gasteiger partial charge in [-0.15, -0.1) is 11.3 Å². The molecule has 1 heterocycles. The van der Waals surface area contributed by atoms with Gasteiger partial charge < -0.3 is 4.74 Å². The Labute approximate surface area is 99.7 Å². The zero-order valence-electron chi connectivity index (χ0n) is 8.47. The molecule has 88 valence electrons. The van der Waals surface area contributed by atoms with Gasteiger partial charge in [0.25, 0.3) is 0 Å². The van der Waals surface area contributed by atoms with Gasteiger partial charge in [0.2, 0.25) is 0 Å². The van der Waals surface area contributed by atoms with Gasteiger partial charge in [0.15, 0.2) is 6.29 Å². The summed E-state index contributed by atoms with van der Waals surface area (Å²) in [5, 5.41) is 0.663. The van der Waals surface area contributed by atoms with E-state index in [9.17, 15) is 13.6 Å². The quantitative estimate of drug-likeness (QED) is 0.787. The summed E-state index contributed by atoms with van der Waals surface area (Å²) in [6, 6.07) is 6.10. The molecule has 1 aromatic heterocycles. The molecule has 0 aliphatic heterocycles. The molecular formula is C11H7F2NO2S. The monoisotopic (exact) mass is 255 g/mol. The second-order valence-electron chi connectivity index (χ2n) is 3.09. The van der Waals surface area contributed by atoms with Crippen LogP contribution in [0.1, 0.15) is 9.67 Å². The number of aromatic nitrogens is 1. The van der Waals surface area contributed by atoms with Crippen LogP contribution in [0, 0.1) is 0 Å². The average Bonchev–Trinajstić information content (AvgIpc) is 2.78. The first kappa shape index (κ1) is 11.7. The first-order valence-corrected chi connectivity index (χ1v) is 5.47. The van der Waals surface area contributed by atoms with E-state index in [1.165, 1.54) is 29.7 Å². The number of aldehydes is 1. The average molecular weight is 255 g/mol. The van der Waals surface area contributed by atoms with Crippen LogP contribution in [-0.2, 0) is 0 Å². The van der Waals surface area contributed by atoms with Crippen LogP contribution in [0.25, 0.3) is 10.6 Å². The number of nitrogens with zero attached hydrogens (tertiary/aromatic N) is 1. The number of carbonyl (C=O) groups excluding carboxylic acids is 1. The van der Waals surface area contributed by atoms with Crippen molar-refractivity contribution in [2.75, 3.05) is 0 Å². The molecule has 1 aromatic carbocycles. The molecule has 0 fully saturated rings. The smallest absolute Gasteiger partial charge is 0.387 e. The van der Waals surface area contributed by atoms with Crippen LogP contribution in [0.2, 0.25) is 0 Å². The van der Waals surface area contributed by atoms with Crippen molar-refractivity contribution in [1.82, 2.24) is 4.98 Å². The lowest BCUT2D eigenvalue weighted by Crippen LogP contribution is -2.01. The maximum absolute atomic E-state index is 11.9. The molecule has 0 amide bonds. The van der Waals surface area contributed by atoms with Crippen molar-refractivity contribution in [2.24, 2.45) is 0 Å². The molecule has 0 radical (unpaired) electrons. The van der Waals surface area contributed by atoms with Crippen molar-refractivity contribution < 1.29 is 18.3 Å². The topological polar surface area (TPSA) is 39.2 Å². The Hall–Kier alpha value is -1.82. The SMILES string of the molecule is O=Cc1cnc(-c2ccc(OC(F)F)cc2)s1. The molecule has 2 rings (SSSR count). The Kier molecular flexibility index (Phi) is 3.43. The van der Waals surface area contributed by atoms with Crippen molar-refractivity contribution in [3.8, 4) is 16.3 Å². The Morgan fingerprint density at radius 3 is 2.53 bits per heavy atom. The fourth-order valence-electron chi connectivity index (χ4n) is 1.25. The van der Waals surface area contributed by atoms with Crippen molar-refractivity contribution in [1.29, 1.82) is 0 Å². The number of thiazole rings is 1. The van der Waals surface area contributed by atoms with Crippen LogP contribution in [-0.4, -0.2) is 17.9 Å². The molecule has 0 N–H and O–H groups in total. The number of rotatable bonds is 4. The minimum Gasteiger partial charge on any atom is -0.435 e. The molecule has 17 heavy (non-hydrogen) atoms. The van der Waals surface area contributed by atoms with Crippen LogP contribution < -0.4 is 4.74 Å². The third kappa shape index (κ3) is 2.85. The van der Waals surface area contributed by atoms with E-state index >= 15 is 0 Å².